The second-order valence-corrected chi connectivity index (χ2v) is 5.28. The van der Waals surface area contributed by atoms with Crippen LogP contribution in [0.4, 0.5) is 8.78 Å². The highest BCUT2D eigenvalue weighted by Gasteiger charge is 2.17. The van der Waals surface area contributed by atoms with E-state index in [0.29, 0.717) is 21.6 Å². The molecule has 1 heterocycles. The summed E-state index contributed by atoms with van der Waals surface area (Å²) in [6, 6.07) is 7.63. The SMILES string of the molecule is Cc1ccc(F)c(-n2c(=S)[nH]c3ccc(Cl)cc32)c1F. The molecule has 0 aliphatic carbocycles. The Balaban J connectivity index is 2.47. The third kappa shape index (κ3) is 1.94. The predicted molar refractivity (Wildman–Crippen MR) is 78.1 cm³/mol. The molecule has 3 rings (SSSR count). The van der Waals surface area contributed by atoms with E-state index < -0.39 is 11.6 Å². The number of halogens is 3. The molecule has 20 heavy (non-hydrogen) atoms. The summed E-state index contributed by atoms with van der Waals surface area (Å²) >= 11 is 11.1. The lowest BCUT2D eigenvalue weighted by atomic mass is 10.2. The fourth-order valence-electron chi connectivity index (χ4n) is 2.14. The molecule has 1 N–H and O–H groups in total. The van der Waals surface area contributed by atoms with Gasteiger partial charge in [0.1, 0.15) is 11.5 Å². The van der Waals surface area contributed by atoms with Crippen LogP contribution in [0.2, 0.25) is 5.02 Å². The summed E-state index contributed by atoms with van der Waals surface area (Å²) in [5.74, 6) is -1.31. The van der Waals surface area contributed by atoms with E-state index >= 15 is 0 Å². The fraction of sp³-hybridized carbons (Fsp3) is 0.0714. The summed E-state index contributed by atoms with van der Waals surface area (Å²) in [7, 11) is 0. The van der Waals surface area contributed by atoms with E-state index in [1.807, 2.05) is 0 Å². The Morgan fingerprint density at radius 2 is 1.95 bits per heavy atom. The Bertz CT molecular complexity index is 883. The normalized spacial score (nSPS) is 11.2. The molecule has 0 saturated heterocycles. The average molecular weight is 311 g/mol. The van der Waals surface area contributed by atoms with Crippen LogP contribution in [-0.2, 0) is 0 Å². The van der Waals surface area contributed by atoms with Gasteiger partial charge in [-0.15, -0.1) is 0 Å². The minimum atomic E-state index is -0.676. The number of hydrogen-bond acceptors (Lipinski definition) is 1. The van der Waals surface area contributed by atoms with Crippen molar-refractivity contribution in [1.82, 2.24) is 9.55 Å². The minimum absolute atomic E-state index is 0.191. The molecule has 1 aromatic heterocycles. The molecule has 0 spiro atoms. The summed E-state index contributed by atoms with van der Waals surface area (Å²) < 4.78 is 29.9. The fourth-order valence-corrected chi connectivity index (χ4v) is 2.61. The molecule has 0 bridgehead atoms. The number of hydrogen-bond donors (Lipinski definition) is 1. The van der Waals surface area contributed by atoms with Gasteiger partial charge in [0.2, 0.25) is 0 Å². The van der Waals surface area contributed by atoms with Crippen LogP contribution < -0.4 is 0 Å². The largest absolute Gasteiger partial charge is 0.330 e. The van der Waals surface area contributed by atoms with Crippen molar-refractivity contribution in [2.45, 2.75) is 6.92 Å². The van der Waals surface area contributed by atoms with Crippen molar-refractivity contribution >= 4 is 34.9 Å². The van der Waals surface area contributed by atoms with Gasteiger partial charge in [-0.05, 0) is 49.0 Å². The number of H-pyrrole nitrogens is 1. The number of nitrogens with one attached hydrogen (secondary N) is 1. The Labute approximate surface area is 123 Å². The van der Waals surface area contributed by atoms with Crippen molar-refractivity contribution in [2.24, 2.45) is 0 Å². The number of aromatic amines is 1. The molecule has 0 saturated carbocycles. The smallest absolute Gasteiger partial charge is 0.182 e. The van der Waals surface area contributed by atoms with Gasteiger partial charge in [0.15, 0.2) is 10.6 Å². The number of benzene rings is 2. The van der Waals surface area contributed by atoms with Crippen molar-refractivity contribution in [2.75, 3.05) is 0 Å². The maximum atomic E-state index is 14.3. The summed E-state index contributed by atoms with van der Waals surface area (Å²) in [5.41, 5.74) is 1.36. The average Bonchev–Trinajstić information content (AvgIpc) is 2.71. The van der Waals surface area contributed by atoms with Crippen LogP contribution in [0.25, 0.3) is 16.7 Å². The van der Waals surface area contributed by atoms with Gasteiger partial charge >= 0.3 is 0 Å². The zero-order valence-electron chi connectivity index (χ0n) is 10.4. The Kier molecular flexibility index (Phi) is 3.11. The Morgan fingerprint density at radius 3 is 2.70 bits per heavy atom. The van der Waals surface area contributed by atoms with Gasteiger partial charge in [-0.3, -0.25) is 4.57 Å². The van der Waals surface area contributed by atoms with Gasteiger partial charge in [0, 0.05) is 5.02 Å². The zero-order chi connectivity index (χ0) is 14.4. The van der Waals surface area contributed by atoms with Gasteiger partial charge in [-0.2, -0.15) is 0 Å². The third-order valence-electron chi connectivity index (χ3n) is 3.13. The monoisotopic (exact) mass is 310 g/mol. The van der Waals surface area contributed by atoms with Crippen LogP contribution in [-0.4, -0.2) is 9.55 Å². The third-order valence-corrected chi connectivity index (χ3v) is 3.65. The molecule has 0 aliphatic heterocycles. The van der Waals surface area contributed by atoms with Crippen molar-refractivity contribution in [3.8, 4) is 5.69 Å². The summed E-state index contributed by atoms with van der Waals surface area (Å²) in [6.07, 6.45) is 0. The summed E-state index contributed by atoms with van der Waals surface area (Å²) in [4.78, 5) is 2.91. The number of aromatic nitrogens is 2. The first-order valence-electron chi connectivity index (χ1n) is 5.84. The predicted octanol–water partition coefficient (Wildman–Crippen LogP) is 4.93. The van der Waals surface area contributed by atoms with Crippen LogP contribution in [0, 0.1) is 23.3 Å². The van der Waals surface area contributed by atoms with E-state index in [1.54, 1.807) is 25.1 Å². The molecule has 0 atom stereocenters. The first-order valence-corrected chi connectivity index (χ1v) is 6.63. The highest BCUT2D eigenvalue weighted by Crippen LogP contribution is 2.27. The molecule has 0 radical (unpaired) electrons. The lowest BCUT2D eigenvalue weighted by molar-refractivity contribution is 0.564. The van der Waals surface area contributed by atoms with Crippen LogP contribution in [0.1, 0.15) is 5.56 Å². The van der Waals surface area contributed by atoms with E-state index in [1.165, 1.54) is 16.7 Å². The van der Waals surface area contributed by atoms with Crippen molar-refractivity contribution in [3.05, 3.63) is 57.3 Å². The molecular weight excluding hydrogens is 302 g/mol. The van der Waals surface area contributed by atoms with Crippen LogP contribution in [0.3, 0.4) is 0 Å². The maximum Gasteiger partial charge on any atom is 0.182 e. The van der Waals surface area contributed by atoms with Gasteiger partial charge in [-0.1, -0.05) is 17.7 Å². The first kappa shape index (κ1) is 13.3. The van der Waals surface area contributed by atoms with E-state index in [0.717, 1.165) is 0 Å². The van der Waals surface area contributed by atoms with Gasteiger partial charge in [0.05, 0.1) is 11.0 Å². The molecule has 0 unspecified atom stereocenters. The first-order chi connectivity index (χ1) is 9.49. The van der Waals surface area contributed by atoms with Crippen LogP contribution in [0.15, 0.2) is 30.3 Å². The molecule has 3 aromatic rings. The zero-order valence-corrected chi connectivity index (χ0v) is 11.9. The molecule has 0 amide bonds. The van der Waals surface area contributed by atoms with Gasteiger partial charge < -0.3 is 4.98 Å². The van der Waals surface area contributed by atoms with E-state index in [-0.39, 0.29) is 10.5 Å². The van der Waals surface area contributed by atoms with Gasteiger partial charge in [0.25, 0.3) is 0 Å². The topological polar surface area (TPSA) is 20.7 Å². The molecule has 2 nitrogen and oxygen atoms in total. The molecule has 0 fully saturated rings. The van der Waals surface area contributed by atoms with Crippen molar-refractivity contribution in [1.29, 1.82) is 0 Å². The second-order valence-electron chi connectivity index (χ2n) is 4.45. The number of fused-ring (bicyclic) bond motifs is 1. The highest BCUT2D eigenvalue weighted by atomic mass is 35.5. The number of imidazole rings is 1. The number of rotatable bonds is 1. The summed E-state index contributed by atoms with van der Waals surface area (Å²) in [6.45, 7) is 1.57. The second kappa shape index (κ2) is 4.68. The molecule has 2 aromatic carbocycles. The lowest BCUT2D eigenvalue weighted by Gasteiger charge is -2.09. The minimum Gasteiger partial charge on any atom is -0.330 e. The van der Waals surface area contributed by atoms with E-state index in [9.17, 15) is 8.78 Å². The standard InChI is InChI=1S/C14H9ClF2N2S/c1-7-2-4-9(16)13(12(7)17)19-11-6-8(15)3-5-10(11)18-14(19)20/h2-6H,1H3,(H,18,20). The molecule has 0 aliphatic rings. The van der Waals surface area contributed by atoms with Crippen molar-refractivity contribution < 1.29 is 8.78 Å². The quantitative estimate of drug-likeness (QED) is 0.632. The van der Waals surface area contributed by atoms with Crippen molar-refractivity contribution in [3.63, 3.8) is 0 Å². The molecule has 102 valence electrons. The maximum absolute atomic E-state index is 14.3. The molecule has 6 heteroatoms. The molecular formula is C14H9ClF2N2S. The van der Waals surface area contributed by atoms with E-state index in [2.05, 4.69) is 4.98 Å². The lowest BCUT2D eigenvalue weighted by Crippen LogP contribution is -2.03. The van der Waals surface area contributed by atoms with Crippen LogP contribution in [0.5, 0.6) is 0 Å². The highest BCUT2D eigenvalue weighted by molar-refractivity contribution is 7.71. The number of nitrogens with zero attached hydrogens (tertiary/aromatic N) is 1. The number of aryl methyl sites for hydroxylation is 1. The van der Waals surface area contributed by atoms with Gasteiger partial charge in [-0.25, -0.2) is 8.78 Å². The Morgan fingerprint density at radius 1 is 1.20 bits per heavy atom. The Hall–Kier alpha value is -1.72. The van der Waals surface area contributed by atoms with Crippen LogP contribution >= 0.6 is 23.8 Å². The summed E-state index contributed by atoms with van der Waals surface area (Å²) in [5, 5.41) is 0.466. The van der Waals surface area contributed by atoms with E-state index in [4.69, 9.17) is 23.8 Å².